The van der Waals surface area contributed by atoms with Crippen LogP contribution >= 0.6 is 0 Å². The largest absolute Gasteiger partial charge is 0.310 e. The maximum absolute atomic E-state index is 9.83. The normalized spacial score (nSPS) is 12.2. The molecule has 0 aliphatic carbocycles. The Labute approximate surface area is 384 Å². The molecule has 12 aromatic rings. The third-order valence-electron chi connectivity index (χ3n) is 12.4. The van der Waals surface area contributed by atoms with Crippen LogP contribution in [0.5, 0.6) is 0 Å². The van der Waals surface area contributed by atoms with Gasteiger partial charge in [0, 0.05) is 50.0 Å². The third-order valence-corrected chi connectivity index (χ3v) is 12.4. The van der Waals surface area contributed by atoms with Gasteiger partial charge in [0.15, 0.2) is 0 Å². The second-order valence-corrected chi connectivity index (χ2v) is 16.2. The molecule has 306 valence electrons. The van der Waals surface area contributed by atoms with Crippen LogP contribution in [0.2, 0.25) is 0 Å². The predicted octanol–water partition coefficient (Wildman–Crippen LogP) is 17.4. The minimum Gasteiger partial charge on any atom is -0.310 e. The van der Waals surface area contributed by atoms with E-state index in [9.17, 15) is 5.48 Å². The molecule has 0 aliphatic rings. The summed E-state index contributed by atoms with van der Waals surface area (Å²) < 4.78 is 41.5. The Morgan fingerprint density at radius 3 is 1.63 bits per heavy atom. The molecule has 0 saturated heterocycles. The molecule has 0 saturated carbocycles. The van der Waals surface area contributed by atoms with Crippen LogP contribution < -0.4 is 9.80 Å². The molecule has 3 nitrogen and oxygen atoms in total. The summed E-state index contributed by atoms with van der Waals surface area (Å²) >= 11 is 0. The minimum absolute atomic E-state index is 0.119. The Kier molecular flexibility index (Phi) is 8.47. The highest BCUT2D eigenvalue weighted by molar-refractivity contribution is 6.11. The van der Waals surface area contributed by atoms with Gasteiger partial charge in [-0.3, -0.25) is 0 Å². The van der Waals surface area contributed by atoms with Crippen LogP contribution in [0.4, 0.5) is 34.1 Å². The Morgan fingerprint density at radius 1 is 0.308 bits per heavy atom. The van der Waals surface area contributed by atoms with Crippen molar-refractivity contribution >= 4 is 77.5 Å². The highest BCUT2D eigenvalue weighted by Gasteiger charge is 2.21. The first-order valence-corrected chi connectivity index (χ1v) is 21.9. The first-order chi connectivity index (χ1) is 33.9. The predicted molar refractivity (Wildman–Crippen MR) is 276 cm³/mol. The van der Waals surface area contributed by atoms with Gasteiger partial charge in [0.1, 0.15) is 0 Å². The van der Waals surface area contributed by atoms with Crippen molar-refractivity contribution in [1.29, 1.82) is 0 Å². The average Bonchev–Trinajstić information content (AvgIpc) is 3.74. The lowest BCUT2D eigenvalue weighted by molar-refractivity contribution is 1.18. The Bertz CT molecular complexity index is 3860. The van der Waals surface area contributed by atoms with E-state index in [2.05, 4.69) is 155 Å². The molecule has 12 rings (SSSR count). The Morgan fingerprint density at radius 2 is 0.846 bits per heavy atom. The van der Waals surface area contributed by atoms with Crippen LogP contribution in [0.25, 0.3) is 71.3 Å². The van der Waals surface area contributed by atoms with Gasteiger partial charge in [-0.15, -0.1) is 0 Å². The van der Waals surface area contributed by atoms with Crippen molar-refractivity contribution in [2.24, 2.45) is 0 Å². The van der Waals surface area contributed by atoms with Crippen molar-refractivity contribution in [2.75, 3.05) is 9.80 Å². The van der Waals surface area contributed by atoms with Gasteiger partial charge in [0.2, 0.25) is 0 Å². The minimum atomic E-state index is -0.136. The number of fused-ring (bicyclic) bond motifs is 5. The van der Waals surface area contributed by atoms with Crippen molar-refractivity contribution in [3.05, 3.63) is 261 Å². The second-order valence-electron chi connectivity index (χ2n) is 16.2. The van der Waals surface area contributed by atoms with Gasteiger partial charge >= 0.3 is 0 Å². The van der Waals surface area contributed by atoms with Crippen molar-refractivity contribution in [3.8, 4) is 27.9 Å². The lowest BCUT2D eigenvalue weighted by Gasteiger charge is -2.28. The Balaban J connectivity index is 1.03. The van der Waals surface area contributed by atoms with E-state index in [1.165, 1.54) is 0 Å². The van der Waals surface area contributed by atoms with Gasteiger partial charge in [-0.05, 0) is 112 Å². The fraction of sp³-hybridized carbons (Fsp3) is 0. The van der Waals surface area contributed by atoms with Crippen LogP contribution in [0, 0.1) is 0 Å². The summed E-state index contributed by atoms with van der Waals surface area (Å²) in [6, 6.07) is 79.9. The van der Waals surface area contributed by atoms with E-state index < -0.39 is 0 Å². The van der Waals surface area contributed by atoms with Gasteiger partial charge < -0.3 is 14.4 Å². The SMILES string of the molecule is [2H]c1c([2H])c(N(c2ccccc2)c2ccc3c4ccccc4n(-c4ccccc4)c3c2)c([2H])c([2H])c1-c1cccc2c(N(c3ccc(-c4ccccc4)cc3)c3cccc4ccccc34)cccc12. The van der Waals surface area contributed by atoms with Crippen LogP contribution in [-0.2, 0) is 0 Å². The standard InChI is InChI=1S/C62H43N3/c1-4-17-44(18-5-1)45-33-37-51(38-34-45)64(59-31-14-20-46-19-10-11-25-54(46)59)61-32-16-28-55-53(27-15-29-56(55)61)47-35-39-50(40-36-47)63(48-21-6-2-7-22-48)52-41-42-58-57-26-12-13-30-60(57)65(62(58)43-52)49-23-8-3-9-24-49/h1-43H/i35D,36D,39D,40D. The summed E-state index contributed by atoms with van der Waals surface area (Å²) in [6.07, 6.45) is 0. The summed E-state index contributed by atoms with van der Waals surface area (Å²) in [5.74, 6) is 0. The molecule has 65 heavy (non-hydrogen) atoms. The summed E-state index contributed by atoms with van der Waals surface area (Å²) in [4.78, 5) is 4.15. The molecule has 0 amide bonds. The molecule has 3 heteroatoms. The lowest BCUT2D eigenvalue weighted by Crippen LogP contribution is -2.11. The number of nitrogens with zero attached hydrogens (tertiary/aromatic N) is 3. The van der Waals surface area contributed by atoms with E-state index in [-0.39, 0.29) is 35.4 Å². The topological polar surface area (TPSA) is 11.4 Å². The summed E-state index contributed by atoms with van der Waals surface area (Å²) in [6.45, 7) is 0. The van der Waals surface area contributed by atoms with Gasteiger partial charge in [0.05, 0.1) is 27.9 Å². The van der Waals surface area contributed by atoms with Crippen molar-refractivity contribution < 1.29 is 5.48 Å². The molecular weight excluding hydrogens is 787 g/mol. The zero-order valence-electron chi connectivity index (χ0n) is 39.4. The summed E-state index contributed by atoms with van der Waals surface area (Å²) in [5.41, 5.74) is 10.7. The first kappa shape index (κ1) is 33.9. The first-order valence-electron chi connectivity index (χ1n) is 23.9. The number of rotatable bonds is 9. The van der Waals surface area contributed by atoms with Gasteiger partial charge in [-0.25, -0.2) is 0 Å². The molecule has 0 aliphatic heterocycles. The monoisotopic (exact) mass is 833 g/mol. The quantitative estimate of drug-likeness (QED) is 0.144. The van der Waals surface area contributed by atoms with Gasteiger partial charge in [-0.2, -0.15) is 0 Å². The zero-order valence-corrected chi connectivity index (χ0v) is 35.4. The fourth-order valence-electron chi connectivity index (χ4n) is 9.44. The van der Waals surface area contributed by atoms with Crippen molar-refractivity contribution in [3.63, 3.8) is 0 Å². The van der Waals surface area contributed by atoms with Gasteiger partial charge in [0.25, 0.3) is 0 Å². The van der Waals surface area contributed by atoms with Crippen LogP contribution in [0.15, 0.2) is 261 Å². The lowest BCUT2D eigenvalue weighted by atomic mass is 9.96. The third kappa shape index (κ3) is 6.78. The van der Waals surface area contributed by atoms with Crippen LogP contribution in [0.1, 0.15) is 5.48 Å². The number of anilines is 6. The molecule has 0 spiro atoms. The smallest absolute Gasteiger partial charge is 0.0645 e. The number of hydrogen-bond donors (Lipinski definition) is 0. The summed E-state index contributed by atoms with van der Waals surface area (Å²) in [7, 11) is 0. The van der Waals surface area contributed by atoms with E-state index in [0.29, 0.717) is 16.9 Å². The fourth-order valence-corrected chi connectivity index (χ4v) is 9.44. The molecule has 11 aromatic carbocycles. The number of benzene rings is 11. The molecule has 0 radical (unpaired) electrons. The maximum Gasteiger partial charge on any atom is 0.0645 e. The summed E-state index contributed by atoms with van der Waals surface area (Å²) in [5, 5.41) is 6.12. The van der Waals surface area contributed by atoms with E-state index in [1.807, 2.05) is 95.9 Å². The number of hydrogen-bond acceptors (Lipinski definition) is 2. The molecule has 0 fully saturated rings. The van der Waals surface area contributed by atoms with E-state index in [0.717, 1.165) is 77.2 Å². The van der Waals surface area contributed by atoms with Crippen molar-refractivity contribution in [2.45, 2.75) is 0 Å². The van der Waals surface area contributed by atoms with Crippen LogP contribution in [0.3, 0.4) is 0 Å². The van der Waals surface area contributed by atoms with Crippen LogP contribution in [-0.4, -0.2) is 4.57 Å². The van der Waals surface area contributed by atoms with E-state index in [4.69, 9.17) is 0 Å². The van der Waals surface area contributed by atoms with E-state index in [1.54, 1.807) is 0 Å². The average molecular weight is 834 g/mol. The molecular formula is C62H43N3. The molecule has 0 bridgehead atoms. The van der Waals surface area contributed by atoms with E-state index >= 15 is 0 Å². The maximum atomic E-state index is 9.83. The molecule has 1 aromatic heterocycles. The number of aromatic nitrogens is 1. The molecule has 1 heterocycles. The second kappa shape index (κ2) is 16.2. The molecule has 0 unspecified atom stereocenters. The molecule has 0 atom stereocenters. The molecule has 0 N–H and O–H groups in total. The van der Waals surface area contributed by atoms with Crippen molar-refractivity contribution in [1.82, 2.24) is 4.57 Å². The highest BCUT2D eigenvalue weighted by atomic mass is 15.2. The van der Waals surface area contributed by atoms with Gasteiger partial charge in [-0.1, -0.05) is 182 Å². The highest BCUT2D eigenvalue weighted by Crippen LogP contribution is 2.45. The zero-order chi connectivity index (χ0) is 46.6. The Hall–Kier alpha value is -8.66. The number of para-hydroxylation sites is 3.